The molecule has 0 amide bonds. The molecule has 0 unspecified atom stereocenters. The van der Waals surface area contributed by atoms with E-state index in [-0.39, 0.29) is 12.6 Å². The lowest BCUT2D eigenvalue weighted by Crippen LogP contribution is -2.08. The molecule has 5 nitrogen and oxygen atoms in total. The van der Waals surface area contributed by atoms with Crippen molar-refractivity contribution in [3.63, 3.8) is 0 Å². The van der Waals surface area contributed by atoms with E-state index in [4.69, 9.17) is 14.9 Å². The lowest BCUT2D eigenvalue weighted by Gasteiger charge is -2.13. The fourth-order valence-electron chi connectivity index (χ4n) is 1.64. The van der Waals surface area contributed by atoms with E-state index in [9.17, 15) is 0 Å². The monoisotopic (exact) mass is 325 g/mol. The number of rotatable bonds is 5. The van der Waals surface area contributed by atoms with Crippen LogP contribution in [-0.2, 0) is 13.0 Å². The maximum Gasteiger partial charge on any atom is 0.253 e. The number of nitrogens with zero attached hydrogens (tertiary/aromatic N) is 2. The molecule has 2 rings (SSSR count). The first kappa shape index (κ1) is 14.0. The summed E-state index contributed by atoms with van der Waals surface area (Å²) in [5.41, 5.74) is 6.86. The van der Waals surface area contributed by atoms with Gasteiger partial charge in [0, 0.05) is 22.5 Å². The van der Waals surface area contributed by atoms with Crippen LogP contribution in [0.2, 0.25) is 0 Å². The zero-order valence-corrected chi connectivity index (χ0v) is 12.5. The third-order valence-electron chi connectivity index (χ3n) is 2.63. The predicted molar refractivity (Wildman–Crippen MR) is 74.8 cm³/mol. The number of hydrogen-bond donors (Lipinski definition) is 1. The Hall–Kier alpha value is -1.40. The molecule has 0 aliphatic carbocycles. The Morgan fingerprint density at radius 2 is 2.11 bits per heavy atom. The first-order valence-corrected chi connectivity index (χ1v) is 6.88. The van der Waals surface area contributed by atoms with Gasteiger partial charge in [-0.05, 0) is 19.1 Å². The normalized spacial score (nSPS) is 12.4. The van der Waals surface area contributed by atoms with Gasteiger partial charge in [0.1, 0.15) is 5.75 Å². The predicted octanol–water partition coefficient (Wildman–Crippen LogP) is 2.99. The number of ether oxygens (including phenoxy) is 1. The smallest absolute Gasteiger partial charge is 0.253 e. The van der Waals surface area contributed by atoms with Crippen molar-refractivity contribution in [2.75, 3.05) is 0 Å². The minimum atomic E-state index is -0.100. The van der Waals surface area contributed by atoms with Gasteiger partial charge in [-0.2, -0.15) is 0 Å². The average molecular weight is 326 g/mol. The Morgan fingerprint density at radius 1 is 1.37 bits per heavy atom. The summed E-state index contributed by atoms with van der Waals surface area (Å²) in [5.74, 6) is 1.80. The van der Waals surface area contributed by atoms with Crippen LogP contribution >= 0.6 is 15.9 Å². The van der Waals surface area contributed by atoms with Gasteiger partial charge >= 0.3 is 0 Å². The van der Waals surface area contributed by atoms with Gasteiger partial charge in [0.25, 0.3) is 5.89 Å². The summed E-state index contributed by atoms with van der Waals surface area (Å²) in [6.45, 7) is 4.11. The molecule has 0 bridgehead atoms. The second kappa shape index (κ2) is 6.16. The highest BCUT2D eigenvalue weighted by atomic mass is 79.9. The van der Waals surface area contributed by atoms with E-state index in [1.165, 1.54) is 0 Å². The van der Waals surface area contributed by atoms with Crippen LogP contribution < -0.4 is 10.5 Å². The lowest BCUT2D eigenvalue weighted by atomic mass is 10.1. The zero-order chi connectivity index (χ0) is 13.8. The molecule has 0 aliphatic rings. The van der Waals surface area contributed by atoms with Gasteiger partial charge in [0.15, 0.2) is 6.61 Å². The highest BCUT2D eigenvalue weighted by Crippen LogP contribution is 2.28. The number of halogens is 1. The average Bonchev–Trinajstić information content (AvgIpc) is 2.84. The van der Waals surface area contributed by atoms with Crippen molar-refractivity contribution < 1.29 is 9.15 Å². The molecule has 0 spiro atoms. The molecule has 102 valence electrons. The third-order valence-corrected chi connectivity index (χ3v) is 3.12. The fraction of sp³-hybridized carbons (Fsp3) is 0.385. The van der Waals surface area contributed by atoms with Crippen molar-refractivity contribution in [2.45, 2.75) is 32.9 Å². The van der Waals surface area contributed by atoms with Crippen LogP contribution in [0.3, 0.4) is 0 Å². The Balaban J connectivity index is 2.12. The Kier molecular flexibility index (Phi) is 4.55. The standard InChI is InChI=1S/C13H16BrN3O2/c1-3-12-16-17-13(19-12)7-18-11-6-9(14)4-5-10(11)8(2)15/h4-6,8H,3,7,15H2,1-2H3/t8-/m0/s1. The largest absolute Gasteiger partial charge is 0.483 e. The fourth-order valence-corrected chi connectivity index (χ4v) is 1.98. The second-order valence-electron chi connectivity index (χ2n) is 4.20. The maximum atomic E-state index is 5.91. The molecule has 2 aromatic rings. The van der Waals surface area contributed by atoms with Gasteiger partial charge in [-0.15, -0.1) is 10.2 Å². The summed E-state index contributed by atoms with van der Waals surface area (Å²) in [6, 6.07) is 5.66. The molecule has 1 heterocycles. The second-order valence-corrected chi connectivity index (χ2v) is 5.12. The van der Waals surface area contributed by atoms with Crippen LogP contribution in [-0.4, -0.2) is 10.2 Å². The summed E-state index contributed by atoms with van der Waals surface area (Å²) in [7, 11) is 0. The molecule has 1 atom stereocenters. The Labute approximate surface area is 120 Å². The number of hydrogen-bond acceptors (Lipinski definition) is 5. The first-order chi connectivity index (χ1) is 9.10. The van der Waals surface area contributed by atoms with E-state index in [0.717, 1.165) is 22.2 Å². The van der Waals surface area contributed by atoms with E-state index >= 15 is 0 Å². The molecule has 0 saturated carbocycles. The quantitative estimate of drug-likeness (QED) is 0.914. The highest BCUT2D eigenvalue weighted by Gasteiger charge is 2.11. The lowest BCUT2D eigenvalue weighted by molar-refractivity contribution is 0.256. The molecule has 2 N–H and O–H groups in total. The maximum absolute atomic E-state index is 5.91. The van der Waals surface area contributed by atoms with Gasteiger partial charge in [-0.25, -0.2) is 0 Å². The van der Waals surface area contributed by atoms with Crippen molar-refractivity contribution in [3.05, 3.63) is 40.0 Å². The third kappa shape index (κ3) is 3.54. The topological polar surface area (TPSA) is 74.2 Å². The van der Waals surface area contributed by atoms with E-state index in [1.54, 1.807) is 0 Å². The summed E-state index contributed by atoms with van der Waals surface area (Å²) < 4.78 is 12.0. The molecular weight excluding hydrogens is 310 g/mol. The first-order valence-electron chi connectivity index (χ1n) is 6.09. The van der Waals surface area contributed by atoms with Crippen LogP contribution in [0.4, 0.5) is 0 Å². The molecule has 19 heavy (non-hydrogen) atoms. The summed E-state index contributed by atoms with van der Waals surface area (Å²) in [6.07, 6.45) is 0.717. The Morgan fingerprint density at radius 3 is 2.74 bits per heavy atom. The highest BCUT2D eigenvalue weighted by molar-refractivity contribution is 9.10. The van der Waals surface area contributed by atoms with Crippen molar-refractivity contribution in [1.82, 2.24) is 10.2 Å². The van der Waals surface area contributed by atoms with Gasteiger partial charge in [-0.1, -0.05) is 28.9 Å². The minimum absolute atomic E-state index is 0.100. The van der Waals surface area contributed by atoms with Crippen LogP contribution in [0.5, 0.6) is 5.75 Å². The molecular formula is C13H16BrN3O2. The molecule has 6 heteroatoms. The van der Waals surface area contributed by atoms with Gasteiger partial charge in [-0.3, -0.25) is 0 Å². The van der Waals surface area contributed by atoms with Crippen LogP contribution in [0.25, 0.3) is 0 Å². The van der Waals surface area contributed by atoms with E-state index < -0.39 is 0 Å². The van der Waals surface area contributed by atoms with Crippen molar-refractivity contribution >= 4 is 15.9 Å². The van der Waals surface area contributed by atoms with E-state index in [2.05, 4.69) is 26.1 Å². The van der Waals surface area contributed by atoms with Crippen LogP contribution in [0.15, 0.2) is 27.1 Å². The molecule has 0 radical (unpaired) electrons. The molecule has 1 aromatic carbocycles. The molecule has 0 aliphatic heterocycles. The SMILES string of the molecule is CCc1nnc(COc2cc(Br)ccc2[C@H](C)N)o1. The van der Waals surface area contributed by atoms with E-state index in [1.807, 2.05) is 32.0 Å². The van der Waals surface area contributed by atoms with Gasteiger partial charge in [0.05, 0.1) is 0 Å². The number of nitrogens with two attached hydrogens (primary N) is 1. The Bertz CT molecular complexity index is 555. The minimum Gasteiger partial charge on any atom is -0.483 e. The zero-order valence-electron chi connectivity index (χ0n) is 10.9. The molecule has 0 saturated heterocycles. The summed E-state index contributed by atoms with van der Waals surface area (Å²) in [5, 5.41) is 7.81. The van der Waals surface area contributed by atoms with Crippen molar-refractivity contribution in [2.24, 2.45) is 5.73 Å². The number of aryl methyl sites for hydroxylation is 1. The number of benzene rings is 1. The van der Waals surface area contributed by atoms with Crippen molar-refractivity contribution in [1.29, 1.82) is 0 Å². The molecule has 1 aromatic heterocycles. The van der Waals surface area contributed by atoms with Crippen LogP contribution in [0.1, 0.15) is 37.2 Å². The van der Waals surface area contributed by atoms with Gasteiger partial charge in [0.2, 0.25) is 5.89 Å². The molecule has 0 fully saturated rings. The number of aromatic nitrogens is 2. The van der Waals surface area contributed by atoms with Crippen molar-refractivity contribution in [3.8, 4) is 5.75 Å². The summed E-state index contributed by atoms with van der Waals surface area (Å²) >= 11 is 3.41. The van der Waals surface area contributed by atoms with Crippen LogP contribution in [0, 0.1) is 0 Å². The summed E-state index contributed by atoms with van der Waals surface area (Å²) in [4.78, 5) is 0. The van der Waals surface area contributed by atoms with E-state index in [0.29, 0.717) is 11.8 Å². The van der Waals surface area contributed by atoms with Gasteiger partial charge < -0.3 is 14.9 Å².